The Morgan fingerprint density at radius 1 is 1.18 bits per heavy atom. The van der Waals surface area contributed by atoms with Gasteiger partial charge in [-0.05, 0) is 36.4 Å². The summed E-state index contributed by atoms with van der Waals surface area (Å²) >= 11 is 6.03. The first-order chi connectivity index (χ1) is 13.6. The van der Waals surface area contributed by atoms with Crippen LogP contribution < -0.4 is 10.9 Å². The predicted molar refractivity (Wildman–Crippen MR) is 113 cm³/mol. The van der Waals surface area contributed by atoms with E-state index >= 15 is 0 Å². The van der Waals surface area contributed by atoms with Crippen LogP contribution in [0.4, 0.5) is 5.13 Å². The molecular weight excluding hydrogens is 462 g/mol. The second kappa shape index (κ2) is 8.21. The normalized spacial score (nSPS) is 10.9. The lowest BCUT2D eigenvalue weighted by Crippen LogP contribution is -2.14. The van der Waals surface area contributed by atoms with Gasteiger partial charge in [-0.1, -0.05) is 45.1 Å². The molecule has 0 atom stereocenters. The first kappa shape index (κ1) is 18.8. The minimum Gasteiger partial charge on any atom is -0.296 e. The minimum atomic E-state index is -0.246. The van der Waals surface area contributed by atoms with Crippen molar-refractivity contribution in [2.24, 2.45) is 0 Å². The van der Waals surface area contributed by atoms with E-state index in [0.29, 0.717) is 32.1 Å². The first-order valence-electron chi connectivity index (χ1n) is 8.09. The van der Waals surface area contributed by atoms with Gasteiger partial charge in [0.2, 0.25) is 5.13 Å². The molecule has 0 saturated carbocycles. The highest BCUT2D eigenvalue weighted by atomic mass is 79.9. The molecule has 10 heteroatoms. The number of thioether (sulfide) groups is 1. The third-order valence-corrected chi connectivity index (χ3v) is 6.24. The second-order valence-corrected chi connectivity index (χ2v) is 8.75. The summed E-state index contributed by atoms with van der Waals surface area (Å²) in [6.07, 6.45) is 1.69. The molecule has 4 rings (SSSR count). The van der Waals surface area contributed by atoms with E-state index in [2.05, 4.69) is 36.4 Å². The zero-order valence-electron chi connectivity index (χ0n) is 14.2. The van der Waals surface area contributed by atoms with Crippen molar-refractivity contribution in [2.75, 3.05) is 5.32 Å². The lowest BCUT2D eigenvalue weighted by atomic mass is 10.2. The molecule has 1 amide bonds. The Balaban J connectivity index is 1.42. The molecule has 0 aliphatic carbocycles. The van der Waals surface area contributed by atoms with Crippen LogP contribution in [0.15, 0.2) is 68.3 Å². The molecule has 1 aromatic carbocycles. The fourth-order valence-corrected chi connectivity index (χ4v) is 4.31. The largest absolute Gasteiger partial charge is 0.296 e. The molecular formula is C18H12BrN5O2S2. The van der Waals surface area contributed by atoms with Gasteiger partial charge in [-0.3, -0.25) is 19.3 Å². The van der Waals surface area contributed by atoms with Gasteiger partial charge < -0.3 is 0 Å². The number of hydrogen-bond donors (Lipinski definition) is 1. The van der Waals surface area contributed by atoms with Gasteiger partial charge in [0.05, 0.1) is 5.69 Å². The highest BCUT2D eigenvalue weighted by Gasteiger charge is 2.11. The Hall–Kier alpha value is -2.56. The lowest BCUT2D eigenvalue weighted by molar-refractivity contribution is 0.102. The lowest BCUT2D eigenvalue weighted by Gasteiger charge is -2.02. The Morgan fingerprint density at radius 2 is 2.00 bits per heavy atom. The Labute approximate surface area is 176 Å². The summed E-state index contributed by atoms with van der Waals surface area (Å²) in [6, 6.07) is 14.0. The molecule has 0 aliphatic rings. The van der Waals surface area contributed by atoms with Crippen molar-refractivity contribution >= 4 is 55.7 Å². The summed E-state index contributed by atoms with van der Waals surface area (Å²) in [5, 5.41) is 11.2. The Morgan fingerprint density at radius 3 is 2.82 bits per heavy atom. The molecule has 7 nitrogen and oxygen atoms in total. The maximum atomic E-state index is 12.2. The summed E-state index contributed by atoms with van der Waals surface area (Å²) in [4.78, 5) is 28.8. The van der Waals surface area contributed by atoms with E-state index in [9.17, 15) is 9.59 Å². The molecule has 0 aliphatic heterocycles. The topological polar surface area (TPSA) is 89.2 Å². The summed E-state index contributed by atoms with van der Waals surface area (Å²) < 4.78 is 3.08. The number of carbonyl (C=O) groups is 1. The molecule has 3 heterocycles. The molecule has 0 spiro atoms. The third kappa shape index (κ3) is 4.29. The van der Waals surface area contributed by atoms with E-state index in [1.165, 1.54) is 33.6 Å². The van der Waals surface area contributed by atoms with Crippen molar-refractivity contribution in [3.05, 3.63) is 80.8 Å². The average molecular weight is 474 g/mol. The van der Waals surface area contributed by atoms with Gasteiger partial charge in [-0.25, -0.2) is 4.98 Å². The number of halogens is 1. The number of benzene rings is 1. The molecule has 0 fully saturated rings. The van der Waals surface area contributed by atoms with Crippen molar-refractivity contribution in [3.8, 4) is 0 Å². The van der Waals surface area contributed by atoms with Gasteiger partial charge in [-0.2, -0.15) is 0 Å². The van der Waals surface area contributed by atoms with Gasteiger partial charge in [0.15, 0.2) is 4.34 Å². The van der Waals surface area contributed by atoms with Gasteiger partial charge in [0.25, 0.3) is 11.5 Å². The van der Waals surface area contributed by atoms with E-state index in [1.54, 1.807) is 42.6 Å². The number of fused-ring (bicyclic) bond motifs is 1. The van der Waals surface area contributed by atoms with Gasteiger partial charge in [0, 0.05) is 28.1 Å². The van der Waals surface area contributed by atoms with Crippen LogP contribution in [0.2, 0.25) is 0 Å². The molecule has 4 aromatic rings. The third-order valence-electron chi connectivity index (χ3n) is 3.70. The molecule has 0 radical (unpaired) electrons. The maximum Gasteiger partial charge on any atom is 0.258 e. The van der Waals surface area contributed by atoms with Crippen LogP contribution in [-0.2, 0) is 5.75 Å². The van der Waals surface area contributed by atoms with E-state index < -0.39 is 0 Å². The van der Waals surface area contributed by atoms with Crippen LogP contribution in [0.25, 0.3) is 5.65 Å². The monoisotopic (exact) mass is 473 g/mol. The zero-order chi connectivity index (χ0) is 19.5. The van der Waals surface area contributed by atoms with E-state index in [-0.39, 0.29) is 11.5 Å². The summed E-state index contributed by atoms with van der Waals surface area (Å²) in [6.45, 7) is 0. The number of nitrogens with one attached hydrogen (secondary N) is 1. The van der Waals surface area contributed by atoms with Gasteiger partial charge in [-0.15, -0.1) is 10.2 Å². The second-order valence-electron chi connectivity index (χ2n) is 5.64. The zero-order valence-corrected chi connectivity index (χ0v) is 17.4. The molecule has 3 aromatic heterocycles. The van der Waals surface area contributed by atoms with Crippen molar-refractivity contribution in [2.45, 2.75) is 10.1 Å². The van der Waals surface area contributed by atoms with Crippen LogP contribution >= 0.6 is 39.0 Å². The SMILES string of the molecule is O=C(Nc1nnc(SCc2cc(=O)n3ccccc3n2)s1)c1ccc(Br)cc1. The molecule has 1 N–H and O–H groups in total. The van der Waals surface area contributed by atoms with Crippen molar-refractivity contribution in [1.82, 2.24) is 19.6 Å². The van der Waals surface area contributed by atoms with E-state index in [4.69, 9.17) is 0 Å². The molecule has 140 valence electrons. The standard InChI is InChI=1S/C18H12BrN5O2S2/c19-12-6-4-11(5-7-12)16(26)21-17-22-23-18(28-17)27-10-13-9-15(25)24-8-2-1-3-14(24)20-13/h1-9H,10H2,(H,21,22,26). The summed E-state index contributed by atoms with van der Waals surface area (Å²) in [5.41, 5.74) is 1.68. The molecule has 0 saturated heterocycles. The fraction of sp³-hybridized carbons (Fsp3) is 0.0556. The summed E-state index contributed by atoms with van der Waals surface area (Å²) in [7, 11) is 0. The number of nitrogens with zero attached hydrogens (tertiary/aromatic N) is 4. The number of carbonyl (C=O) groups excluding carboxylic acids is 1. The van der Waals surface area contributed by atoms with Crippen molar-refractivity contribution in [1.29, 1.82) is 0 Å². The van der Waals surface area contributed by atoms with E-state index in [1.807, 2.05) is 6.07 Å². The van der Waals surface area contributed by atoms with Crippen LogP contribution in [0.1, 0.15) is 16.1 Å². The number of anilines is 1. The van der Waals surface area contributed by atoms with Crippen LogP contribution in [-0.4, -0.2) is 25.5 Å². The Bertz CT molecular complexity index is 1210. The average Bonchev–Trinajstić information content (AvgIpc) is 3.14. The molecule has 28 heavy (non-hydrogen) atoms. The van der Waals surface area contributed by atoms with Crippen LogP contribution in [0.3, 0.4) is 0 Å². The minimum absolute atomic E-state index is 0.124. The van der Waals surface area contributed by atoms with Crippen LogP contribution in [0.5, 0.6) is 0 Å². The number of aromatic nitrogens is 4. The smallest absolute Gasteiger partial charge is 0.258 e. The fourth-order valence-electron chi connectivity index (χ4n) is 2.40. The highest BCUT2D eigenvalue weighted by Crippen LogP contribution is 2.28. The van der Waals surface area contributed by atoms with Gasteiger partial charge >= 0.3 is 0 Å². The van der Waals surface area contributed by atoms with Gasteiger partial charge in [0.1, 0.15) is 5.65 Å². The Kier molecular flexibility index (Phi) is 5.51. The number of rotatable bonds is 5. The number of hydrogen-bond acceptors (Lipinski definition) is 7. The predicted octanol–water partition coefficient (Wildman–Crippen LogP) is 3.85. The quantitative estimate of drug-likeness (QED) is 0.349. The van der Waals surface area contributed by atoms with E-state index in [0.717, 1.165) is 4.47 Å². The molecule has 0 bridgehead atoms. The van der Waals surface area contributed by atoms with Crippen LogP contribution in [0, 0.1) is 0 Å². The van der Waals surface area contributed by atoms with Crippen molar-refractivity contribution < 1.29 is 4.79 Å². The summed E-state index contributed by atoms with van der Waals surface area (Å²) in [5.74, 6) is 0.236. The van der Waals surface area contributed by atoms with Crippen molar-refractivity contribution in [3.63, 3.8) is 0 Å². The maximum absolute atomic E-state index is 12.2. The number of amides is 1. The molecule has 0 unspecified atom stereocenters. The highest BCUT2D eigenvalue weighted by molar-refractivity contribution is 9.10. The first-order valence-corrected chi connectivity index (χ1v) is 10.7. The number of pyridine rings is 1.